The number of hydrogen-bond acceptors (Lipinski definition) is 3. The van der Waals surface area contributed by atoms with Crippen molar-refractivity contribution in [2.75, 3.05) is 7.11 Å². The fraction of sp³-hybridized carbons (Fsp3) is 1.00. The van der Waals surface area contributed by atoms with Crippen molar-refractivity contribution >= 4 is 0 Å². The van der Waals surface area contributed by atoms with Crippen LogP contribution in [0.2, 0.25) is 0 Å². The van der Waals surface area contributed by atoms with Crippen LogP contribution in [-0.4, -0.2) is 29.7 Å². The largest absolute Gasteiger partial charge is 0.400 e. The van der Waals surface area contributed by atoms with Crippen molar-refractivity contribution in [3.63, 3.8) is 0 Å². The molecule has 0 radical (unpaired) electrons. The Morgan fingerprint density at radius 3 is 1.85 bits per heavy atom. The van der Waals surface area contributed by atoms with Gasteiger partial charge >= 0.3 is 0 Å². The third kappa shape index (κ3) is 8.22. The lowest BCUT2D eigenvalue weighted by Gasteiger charge is -2.28. The van der Waals surface area contributed by atoms with E-state index in [1.165, 1.54) is 0 Å². The van der Waals surface area contributed by atoms with E-state index in [-0.39, 0.29) is 6.10 Å². The van der Waals surface area contributed by atoms with Crippen LogP contribution in [-0.2, 0) is 4.74 Å². The van der Waals surface area contributed by atoms with Crippen molar-refractivity contribution in [1.29, 1.82) is 0 Å². The maximum atomic E-state index is 9.03. The molecule has 2 unspecified atom stereocenters. The number of rotatable bonds is 0. The van der Waals surface area contributed by atoms with Gasteiger partial charge in [-0.05, 0) is 19.3 Å². The van der Waals surface area contributed by atoms with Crippen LogP contribution in [0.5, 0.6) is 0 Å². The Bertz CT molecular complexity index is 71.2. The normalized spacial score (nSPS) is 32.1. The van der Waals surface area contributed by atoms with E-state index in [2.05, 4.69) is 6.92 Å². The predicted octanol–water partition coefficient (Wildman–Crippen LogP) is 1.77. The lowest BCUT2D eigenvalue weighted by Crippen LogP contribution is -2.29. The third-order valence-corrected chi connectivity index (χ3v) is 1.73. The molecule has 0 bridgehead atoms. The summed E-state index contributed by atoms with van der Waals surface area (Å²) in [6, 6.07) is 0. The molecule has 0 saturated carbocycles. The zero-order chi connectivity index (χ0) is 10.9. The number of aliphatic hydroxyl groups is 2. The molecule has 1 fully saturated rings. The molecule has 0 aliphatic carbocycles. The van der Waals surface area contributed by atoms with Gasteiger partial charge in [0.2, 0.25) is 0 Å². The van der Waals surface area contributed by atoms with E-state index in [0.29, 0.717) is 5.92 Å². The highest BCUT2D eigenvalue weighted by Gasteiger charge is 2.21. The molecule has 3 atom stereocenters. The van der Waals surface area contributed by atoms with Gasteiger partial charge in [0.1, 0.15) is 0 Å². The molecule has 0 aromatic heterocycles. The average molecular weight is 192 g/mol. The molecule has 1 rings (SSSR count). The zero-order valence-electron chi connectivity index (χ0n) is 9.45. The number of hydrogen-bond donors (Lipinski definition) is 2. The average Bonchev–Trinajstić information content (AvgIpc) is 2.09. The molecule has 0 amide bonds. The van der Waals surface area contributed by atoms with E-state index < -0.39 is 6.29 Å². The maximum absolute atomic E-state index is 9.03. The summed E-state index contributed by atoms with van der Waals surface area (Å²) in [6.45, 7) is 8.14. The van der Waals surface area contributed by atoms with Crippen LogP contribution in [0.4, 0.5) is 0 Å². The van der Waals surface area contributed by atoms with Crippen molar-refractivity contribution in [3.05, 3.63) is 0 Å². The highest BCUT2D eigenvalue weighted by Crippen LogP contribution is 2.22. The van der Waals surface area contributed by atoms with Crippen molar-refractivity contribution in [2.24, 2.45) is 5.92 Å². The van der Waals surface area contributed by atoms with E-state index >= 15 is 0 Å². The fourth-order valence-corrected chi connectivity index (χ4v) is 1.39. The van der Waals surface area contributed by atoms with Gasteiger partial charge in [0, 0.05) is 13.5 Å². The lowest BCUT2D eigenvalue weighted by molar-refractivity contribution is -0.169. The predicted molar refractivity (Wildman–Crippen MR) is 54.4 cm³/mol. The Morgan fingerprint density at radius 2 is 1.54 bits per heavy atom. The Hall–Kier alpha value is -0.120. The molecular weight excluding hydrogens is 168 g/mol. The Balaban J connectivity index is 0. The van der Waals surface area contributed by atoms with Crippen LogP contribution in [0.15, 0.2) is 0 Å². The van der Waals surface area contributed by atoms with Gasteiger partial charge in [0.25, 0.3) is 0 Å². The smallest absolute Gasteiger partial charge is 0.155 e. The first-order valence-corrected chi connectivity index (χ1v) is 4.96. The molecule has 0 spiro atoms. The summed E-state index contributed by atoms with van der Waals surface area (Å²) in [6.07, 6.45) is 1.61. The fourth-order valence-electron chi connectivity index (χ4n) is 1.39. The minimum atomic E-state index is -0.510. The zero-order valence-corrected chi connectivity index (χ0v) is 9.45. The summed E-state index contributed by atoms with van der Waals surface area (Å²) >= 11 is 0. The second-order valence-electron chi connectivity index (χ2n) is 2.98. The maximum Gasteiger partial charge on any atom is 0.155 e. The minimum Gasteiger partial charge on any atom is -0.400 e. The van der Waals surface area contributed by atoms with Gasteiger partial charge in [-0.25, -0.2) is 0 Å². The van der Waals surface area contributed by atoms with Crippen molar-refractivity contribution in [1.82, 2.24) is 0 Å². The van der Waals surface area contributed by atoms with E-state index in [1.807, 2.05) is 20.8 Å². The van der Waals surface area contributed by atoms with Crippen LogP contribution < -0.4 is 0 Å². The molecular formula is C10H24O3. The molecule has 0 aromatic rings. The second-order valence-corrected chi connectivity index (χ2v) is 2.98. The molecule has 1 aliphatic rings. The first kappa shape index (κ1) is 15.4. The SMILES string of the molecule is CC.CC1CC(C)O[C@@H](O)C1.CO. The topological polar surface area (TPSA) is 49.7 Å². The van der Waals surface area contributed by atoms with Crippen LogP contribution in [0, 0.1) is 5.92 Å². The number of aliphatic hydroxyl groups excluding tert-OH is 2. The van der Waals surface area contributed by atoms with E-state index in [9.17, 15) is 0 Å². The molecule has 1 aliphatic heterocycles. The van der Waals surface area contributed by atoms with Crippen molar-refractivity contribution < 1.29 is 14.9 Å². The summed E-state index contributed by atoms with van der Waals surface area (Å²) in [5.41, 5.74) is 0. The summed E-state index contributed by atoms with van der Waals surface area (Å²) < 4.78 is 5.11. The molecule has 13 heavy (non-hydrogen) atoms. The van der Waals surface area contributed by atoms with Gasteiger partial charge in [0.05, 0.1) is 6.10 Å². The number of ether oxygens (including phenoxy) is 1. The molecule has 3 heteroatoms. The van der Waals surface area contributed by atoms with Crippen LogP contribution in [0.25, 0.3) is 0 Å². The molecule has 2 N–H and O–H groups in total. The molecule has 1 saturated heterocycles. The molecule has 82 valence electrons. The first-order chi connectivity index (χ1) is 6.18. The van der Waals surface area contributed by atoms with E-state index in [0.717, 1.165) is 20.0 Å². The monoisotopic (exact) mass is 192 g/mol. The van der Waals surface area contributed by atoms with Gasteiger partial charge in [-0.15, -0.1) is 0 Å². The van der Waals surface area contributed by atoms with Crippen LogP contribution >= 0.6 is 0 Å². The van der Waals surface area contributed by atoms with Gasteiger partial charge in [0.15, 0.2) is 6.29 Å². The van der Waals surface area contributed by atoms with Crippen LogP contribution in [0.3, 0.4) is 0 Å². The van der Waals surface area contributed by atoms with Gasteiger partial charge < -0.3 is 14.9 Å². The summed E-state index contributed by atoms with van der Waals surface area (Å²) in [5, 5.41) is 16.0. The van der Waals surface area contributed by atoms with Gasteiger partial charge in [-0.2, -0.15) is 0 Å². The third-order valence-electron chi connectivity index (χ3n) is 1.73. The summed E-state index contributed by atoms with van der Waals surface area (Å²) in [7, 11) is 1.00. The van der Waals surface area contributed by atoms with Gasteiger partial charge in [-0.3, -0.25) is 0 Å². The van der Waals surface area contributed by atoms with Crippen molar-refractivity contribution in [3.8, 4) is 0 Å². The Morgan fingerprint density at radius 1 is 1.08 bits per heavy atom. The van der Waals surface area contributed by atoms with E-state index in [1.54, 1.807) is 0 Å². The molecule has 0 aromatic carbocycles. The highest BCUT2D eigenvalue weighted by atomic mass is 16.6. The second kappa shape index (κ2) is 9.96. The van der Waals surface area contributed by atoms with Crippen LogP contribution in [0.1, 0.15) is 40.5 Å². The summed E-state index contributed by atoms with van der Waals surface area (Å²) in [5.74, 6) is 0.615. The van der Waals surface area contributed by atoms with Crippen molar-refractivity contribution in [2.45, 2.75) is 52.9 Å². The quantitative estimate of drug-likeness (QED) is 0.615. The minimum absolute atomic E-state index is 0.240. The molecule has 3 nitrogen and oxygen atoms in total. The van der Waals surface area contributed by atoms with Gasteiger partial charge in [-0.1, -0.05) is 20.8 Å². The Kier molecular flexibility index (Phi) is 11.8. The highest BCUT2D eigenvalue weighted by molar-refractivity contribution is 4.66. The standard InChI is InChI=1S/C7H14O2.C2H6.CH4O/c1-5-3-6(2)9-7(8)4-5;2*1-2/h5-8H,3-4H2,1-2H3;1-2H3;2H,1H3/t5?,6?,7-;;/m1../s1. The lowest BCUT2D eigenvalue weighted by atomic mass is 9.98. The summed E-state index contributed by atoms with van der Waals surface area (Å²) in [4.78, 5) is 0. The first-order valence-electron chi connectivity index (χ1n) is 4.96. The molecule has 1 heterocycles. The van der Waals surface area contributed by atoms with E-state index in [4.69, 9.17) is 14.9 Å². The Labute approximate surface area is 81.7 Å².